The first-order valence-corrected chi connectivity index (χ1v) is 9.84. The third-order valence-corrected chi connectivity index (χ3v) is 5.81. The first kappa shape index (κ1) is 21.4. The standard InChI is InChI=1S/C19H23N3O5S/c1-13-8-9-14(19(24)27-4)10-17(13)20-12-18(23)21-15-6-5-7-16(11-15)28(25,26)22(2)3/h5-11,20H,12H2,1-4H3,(H,21,23). The zero-order chi connectivity index (χ0) is 20.9. The van der Waals surface area contributed by atoms with Crippen LogP contribution in [0.2, 0.25) is 0 Å². The van der Waals surface area contributed by atoms with Gasteiger partial charge in [-0.05, 0) is 42.8 Å². The molecule has 0 saturated heterocycles. The van der Waals surface area contributed by atoms with Gasteiger partial charge in [0.1, 0.15) is 0 Å². The summed E-state index contributed by atoms with van der Waals surface area (Å²) in [4.78, 5) is 24.0. The van der Waals surface area contributed by atoms with Crippen LogP contribution >= 0.6 is 0 Å². The van der Waals surface area contributed by atoms with E-state index < -0.39 is 16.0 Å². The minimum absolute atomic E-state index is 0.0594. The number of rotatable bonds is 7. The Morgan fingerprint density at radius 1 is 1.11 bits per heavy atom. The van der Waals surface area contributed by atoms with Gasteiger partial charge in [-0.25, -0.2) is 17.5 Å². The van der Waals surface area contributed by atoms with Crippen LogP contribution in [0.15, 0.2) is 47.4 Å². The van der Waals surface area contributed by atoms with Crippen LogP contribution in [0.25, 0.3) is 0 Å². The molecule has 9 heteroatoms. The fourth-order valence-corrected chi connectivity index (χ4v) is 3.33. The molecule has 2 aromatic rings. The predicted octanol–water partition coefficient (Wildman–Crippen LogP) is 2.08. The van der Waals surface area contributed by atoms with E-state index in [4.69, 9.17) is 4.74 Å². The fraction of sp³-hybridized carbons (Fsp3) is 0.263. The molecule has 0 heterocycles. The molecule has 2 rings (SSSR count). The summed E-state index contributed by atoms with van der Waals surface area (Å²) in [6.45, 7) is 1.78. The van der Waals surface area contributed by atoms with Gasteiger partial charge in [0.25, 0.3) is 0 Å². The zero-order valence-corrected chi connectivity index (χ0v) is 17.0. The molecule has 0 saturated carbocycles. The summed E-state index contributed by atoms with van der Waals surface area (Å²) in [7, 11) is 0.590. The van der Waals surface area contributed by atoms with Crippen LogP contribution in [0.3, 0.4) is 0 Å². The van der Waals surface area contributed by atoms with Gasteiger partial charge in [0.05, 0.1) is 24.1 Å². The van der Waals surface area contributed by atoms with Crippen molar-refractivity contribution in [3.05, 3.63) is 53.6 Å². The van der Waals surface area contributed by atoms with Gasteiger partial charge in [0.2, 0.25) is 15.9 Å². The average molecular weight is 405 g/mol. The lowest BCUT2D eigenvalue weighted by atomic mass is 10.1. The van der Waals surface area contributed by atoms with Gasteiger partial charge in [-0.15, -0.1) is 0 Å². The molecule has 2 N–H and O–H groups in total. The molecule has 2 aromatic carbocycles. The summed E-state index contributed by atoms with van der Waals surface area (Å²) in [5.74, 6) is -0.825. The van der Waals surface area contributed by atoms with Crippen LogP contribution in [-0.4, -0.2) is 52.3 Å². The maximum atomic E-state index is 12.2. The highest BCUT2D eigenvalue weighted by atomic mass is 32.2. The number of carbonyl (C=O) groups is 2. The van der Waals surface area contributed by atoms with Crippen molar-refractivity contribution in [2.45, 2.75) is 11.8 Å². The van der Waals surface area contributed by atoms with E-state index in [0.717, 1.165) is 9.87 Å². The van der Waals surface area contributed by atoms with E-state index in [-0.39, 0.29) is 17.3 Å². The van der Waals surface area contributed by atoms with Crippen LogP contribution in [0.5, 0.6) is 0 Å². The molecule has 0 unspecified atom stereocenters. The molecule has 0 aromatic heterocycles. The van der Waals surface area contributed by atoms with Crippen molar-refractivity contribution in [3.63, 3.8) is 0 Å². The van der Waals surface area contributed by atoms with Crippen LogP contribution < -0.4 is 10.6 Å². The summed E-state index contributed by atoms with van der Waals surface area (Å²) in [5.41, 5.74) is 2.23. The Balaban J connectivity index is 2.07. The normalized spacial score (nSPS) is 11.2. The van der Waals surface area contributed by atoms with Gasteiger partial charge in [0, 0.05) is 25.5 Å². The molecule has 0 aliphatic rings. The number of methoxy groups -OCH3 is 1. The average Bonchev–Trinajstić information content (AvgIpc) is 2.66. The number of aryl methyl sites for hydroxylation is 1. The van der Waals surface area contributed by atoms with Gasteiger partial charge in [-0.1, -0.05) is 12.1 Å². The van der Waals surface area contributed by atoms with Gasteiger partial charge in [-0.3, -0.25) is 4.79 Å². The van der Waals surface area contributed by atoms with Crippen molar-refractivity contribution in [3.8, 4) is 0 Å². The third-order valence-electron chi connectivity index (χ3n) is 3.99. The van der Waals surface area contributed by atoms with E-state index in [1.807, 2.05) is 6.92 Å². The van der Waals surface area contributed by atoms with Crippen LogP contribution in [0, 0.1) is 6.92 Å². The topological polar surface area (TPSA) is 105 Å². The van der Waals surface area contributed by atoms with E-state index in [2.05, 4.69) is 10.6 Å². The second kappa shape index (κ2) is 8.85. The van der Waals surface area contributed by atoms with E-state index in [1.165, 1.54) is 33.3 Å². The Kier molecular flexibility index (Phi) is 6.76. The molecule has 0 atom stereocenters. The number of carbonyl (C=O) groups excluding carboxylic acids is 2. The SMILES string of the molecule is COC(=O)c1ccc(C)c(NCC(=O)Nc2cccc(S(=O)(=O)N(C)C)c2)c1. The minimum atomic E-state index is -3.59. The fourth-order valence-electron chi connectivity index (χ4n) is 2.38. The van der Waals surface area contributed by atoms with Crippen molar-refractivity contribution in [2.75, 3.05) is 38.4 Å². The van der Waals surface area contributed by atoms with Gasteiger partial charge in [-0.2, -0.15) is 0 Å². The van der Waals surface area contributed by atoms with Gasteiger partial charge >= 0.3 is 5.97 Å². The first-order valence-electron chi connectivity index (χ1n) is 8.40. The van der Waals surface area contributed by atoms with E-state index in [1.54, 1.807) is 30.3 Å². The van der Waals surface area contributed by atoms with Crippen molar-refractivity contribution < 1.29 is 22.7 Å². The maximum Gasteiger partial charge on any atom is 0.337 e. The van der Waals surface area contributed by atoms with Gasteiger partial charge in [0.15, 0.2) is 0 Å². The van der Waals surface area contributed by atoms with E-state index in [9.17, 15) is 18.0 Å². The maximum absolute atomic E-state index is 12.2. The summed E-state index contributed by atoms with van der Waals surface area (Å²) < 4.78 is 30.2. The quantitative estimate of drug-likeness (QED) is 0.684. The number of esters is 1. The lowest BCUT2D eigenvalue weighted by Gasteiger charge is -2.13. The highest BCUT2D eigenvalue weighted by Gasteiger charge is 2.17. The number of nitrogens with one attached hydrogen (secondary N) is 2. The van der Waals surface area contributed by atoms with Crippen molar-refractivity contribution >= 4 is 33.3 Å². The van der Waals surface area contributed by atoms with Crippen LogP contribution in [0.4, 0.5) is 11.4 Å². The Morgan fingerprint density at radius 2 is 1.82 bits per heavy atom. The Hall–Kier alpha value is -2.91. The molecular weight excluding hydrogens is 382 g/mol. The molecule has 28 heavy (non-hydrogen) atoms. The first-order chi connectivity index (χ1) is 13.1. The largest absolute Gasteiger partial charge is 0.465 e. The number of sulfonamides is 1. The Bertz CT molecular complexity index is 987. The number of amides is 1. The zero-order valence-electron chi connectivity index (χ0n) is 16.1. The van der Waals surface area contributed by atoms with Crippen molar-refractivity contribution in [2.24, 2.45) is 0 Å². The molecule has 0 aliphatic carbocycles. The highest BCUT2D eigenvalue weighted by Crippen LogP contribution is 2.19. The molecule has 8 nitrogen and oxygen atoms in total. The number of benzene rings is 2. The monoisotopic (exact) mass is 405 g/mol. The molecule has 0 aliphatic heterocycles. The predicted molar refractivity (Wildman–Crippen MR) is 107 cm³/mol. The molecular formula is C19H23N3O5S. The highest BCUT2D eigenvalue weighted by molar-refractivity contribution is 7.89. The Morgan fingerprint density at radius 3 is 2.46 bits per heavy atom. The molecule has 150 valence electrons. The molecule has 1 amide bonds. The summed E-state index contributed by atoms with van der Waals surface area (Å²) >= 11 is 0. The van der Waals surface area contributed by atoms with Crippen molar-refractivity contribution in [1.29, 1.82) is 0 Å². The lowest BCUT2D eigenvalue weighted by Crippen LogP contribution is -2.24. The number of anilines is 2. The minimum Gasteiger partial charge on any atom is -0.465 e. The number of nitrogens with zero attached hydrogens (tertiary/aromatic N) is 1. The summed E-state index contributed by atoms with van der Waals surface area (Å²) in [6.07, 6.45) is 0. The van der Waals surface area contributed by atoms with Crippen LogP contribution in [0.1, 0.15) is 15.9 Å². The third kappa shape index (κ3) is 5.08. The van der Waals surface area contributed by atoms with Crippen LogP contribution in [-0.2, 0) is 19.6 Å². The summed E-state index contributed by atoms with van der Waals surface area (Å²) in [6, 6.07) is 11.0. The van der Waals surface area contributed by atoms with Crippen molar-refractivity contribution in [1.82, 2.24) is 4.31 Å². The number of ether oxygens (including phenoxy) is 1. The summed E-state index contributed by atoms with van der Waals surface area (Å²) in [5, 5.41) is 5.62. The molecule has 0 fully saturated rings. The lowest BCUT2D eigenvalue weighted by molar-refractivity contribution is -0.114. The Labute approximate surface area is 164 Å². The smallest absolute Gasteiger partial charge is 0.337 e. The van der Waals surface area contributed by atoms with Gasteiger partial charge < -0.3 is 15.4 Å². The number of hydrogen-bond donors (Lipinski definition) is 2. The second-order valence-corrected chi connectivity index (χ2v) is 8.39. The molecule has 0 spiro atoms. The second-order valence-electron chi connectivity index (χ2n) is 6.24. The number of hydrogen-bond acceptors (Lipinski definition) is 6. The van der Waals surface area contributed by atoms with E-state index in [0.29, 0.717) is 16.9 Å². The van der Waals surface area contributed by atoms with E-state index >= 15 is 0 Å². The molecule has 0 bridgehead atoms. The molecule has 0 radical (unpaired) electrons.